The molecule has 300 valence electrons. The van der Waals surface area contributed by atoms with Gasteiger partial charge < -0.3 is 0 Å². The first kappa shape index (κ1) is 35.4. The van der Waals surface area contributed by atoms with Gasteiger partial charge in [0.05, 0.1) is 0 Å². The summed E-state index contributed by atoms with van der Waals surface area (Å²) >= 11 is 0. The summed E-state index contributed by atoms with van der Waals surface area (Å²) in [5.74, 6) is 0. The van der Waals surface area contributed by atoms with Gasteiger partial charge >= 0.3 is 0 Å². The highest BCUT2D eigenvalue weighted by Gasteiger charge is 2.37. The lowest BCUT2D eigenvalue weighted by atomic mass is 9.78. The van der Waals surface area contributed by atoms with Crippen molar-refractivity contribution in [3.63, 3.8) is 0 Å². The molecule has 0 radical (unpaired) electrons. The molecule has 0 unspecified atom stereocenters. The molecule has 0 bridgehead atoms. The molecule has 0 spiro atoms. The summed E-state index contributed by atoms with van der Waals surface area (Å²) in [4.78, 5) is 0. The number of hydrogen-bond donors (Lipinski definition) is 0. The molecule has 0 N–H and O–H groups in total. The van der Waals surface area contributed by atoms with E-state index in [1.54, 1.807) is 0 Å². The minimum Gasteiger partial charge on any atom is -0.0619 e. The number of fused-ring (bicyclic) bond motifs is 12. The molecule has 0 heterocycles. The highest BCUT2D eigenvalue weighted by molar-refractivity contribution is 6.30. The zero-order valence-corrected chi connectivity index (χ0v) is 36.1. The first-order valence-electron chi connectivity index (χ1n) is 23.0. The van der Waals surface area contributed by atoms with Crippen LogP contribution in [0, 0.1) is 0 Å². The van der Waals surface area contributed by atoms with Crippen molar-refractivity contribution in [2.45, 2.75) is 19.3 Å². The Morgan fingerprint density at radius 3 is 1.35 bits per heavy atom. The van der Waals surface area contributed by atoms with Crippen LogP contribution in [0.1, 0.15) is 25.0 Å². The van der Waals surface area contributed by atoms with Crippen LogP contribution in [0.3, 0.4) is 0 Å². The standard InChI is InChI=1S/C65H40/c1-65(2)59-27-10-9-21-45(59)55-35-57-58(36-60(55)65)64(53-33-31-51-44-20-8-6-18-42(44)47-24-13-26-49(53)62(47)51)56-34-38(40-22-11-15-37-14-3-4-16-39(37)40)28-29-54(56)63(57)52-32-30-50-43-19-7-5-17-41(43)46-23-12-25-48(52)61(46)50/h3-36H,1-2H3. The van der Waals surface area contributed by atoms with Crippen molar-refractivity contribution in [2.75, 3.05) is 0 Å². The average Bonchev–Trinajstić information content (AvgIpc) is 3.94. The fourth-order valence-electron chi connectivity index (χ4n) is 12.7. The third kappa shape index (κ3) is 4.56. The van der Waals surface area contributed by atoms with E-state index in [0.29, 0.717) is 0 Å². The lowest BCUT2D eigenvalue weighted by Gasteiger charge is -2.25. The minimum atomic E-state index is -0.172. The van der Waals surface area contributed by atoms with Gasteiger partial charge in [-0.1, -0.05) is 202 Å². The van der Waals surface area contributed by atoms with Crippen LogP contribution >= 0.6 is 0 Å². The Hall–Kier alpha value is -8.06. The van der Waals surface area contributed by atoms with Crippen LogP contribution in [-0.2, 0) is 5.41 Å². The van der Waals surface area contributed by atoms with E-state index >= 15 is 0 Å². The van der Waals surface area contributed by atoms with Crippen molar-refractivity contribution in [1.82, 2.24) is 0 Å². The Morgan fingerprint density at radius 1 is 0.246 bits per heavy atom. The Balaban J connectivity index is 1.14. The number of hydrogen-bond acceptors (Lipinski definition) is 0. The second-order valence-corrected chi connectivity index (χ2v) is 19.0. The molecule has 0 saturated carbocycles. The Kier molecular flexibility index (Phi) is 6.84. The first-order valence-corrected chi connectivity index (χ1v) is 23.0. The largest absolute Gasteiger partial charge is 0.0619 e. The predicted octanol–water partition coefficient (Wildman–Crippen LogP) is 18.1. The molecule has 12 aromatic carbocycles. The fraction of sp³-hybridized carbons (Fsp3) is 0.0462. The normalized spacial score (nSPS) is 13.5. The van der Waals surface area contributed by atoms with Gasteiger partial charge in [-0.15, -0.1) is 0 Å². The van der Waals surface area contributed by atoms with Gasteiger partial charge in [-0.05, 0) is 172 Å². The molecule has 3 aliphatic carbocycles. The van der Waals surface area contributed by atoms with Crippen LogP contribution < -0.4 is 0 Å². The van der Waals surface area contributed by atoms with Crippen LogP contribution in [0.5, 0.6) is 0 Å². The second-order valence-electron chi connectivity index (χ2n) is 19.0. The number of benzene rings is 12. The smallest absolute Gasteiger partial charge is 0.0159 e. The zero-order chi connectivity index (χ0) is 42.7. The molecule has 3 aliphatic rings. The molecule has 0 nitrogen and oxygen atoms in total. The van der Waals surface area contributed by atoms with Crippen molar-refractivity contribution < 1.29 is 0 Å². The van der Waals surface area contributed by atoms with Gasteiger partial charge in [-0.25, -0.2) is 0 Å². The summed E-state index contributed by atoms with van der Waals surface area (Å²) < 4.78 is 0. The molecule has 15 rings (SSSR count). The van der Waals surface area contributed by atoms with Gasteiger partial charge in [0, 0.05) is 5.41 Å². The summed E-state index contributed by atoms with van der Waals surface area (Å²) in [5, 5.41) is 12.9. The van der Waals surface area contributed by atoms with E-state index in [9.17, 15) is 0 Å². The molecule has 12 aromatic rings. The molecule has 0 heteroatoms. The van der Waals surface area contributed by atoms with Crippen LogP contribution in [0.25, 0.3) is 143 Å². The van der Waals surface area contributed by atoms with Crippen molar-refractivity contribution in [1.29, 1.82) is 0 Å². The van der Waals surface area contributed by atoms with Gasteiger partial charge in [0.1, 0.15) is 0 Å². The maximum atomic E-state index is 2.60. The molecule has 0 saturated heterocycles. The summed E-state index contributed by atoms with van der Waals surface area (Å²) in [6.45, 7) is 4.84. The maximum Gasteiger partial charge on any atom is 0.0159 e. The second kappa shape index (κ2) is 12.6. The molecule has 0 aromatic heterocycles. The summed E-state index contributed by atoms with van der Waals surface area (Å²) in [6, 6.07) is 78.7. The van der Waals surface area contributed by atoms with Gasteiger partial charge in [-0.3, -0.25) is 0 Å². The maximum absolute atomic E-state index is 2.60. The average molecular weight is 821 g/mol. The quantitative estimate of drug-likeness (QED) is 0.156. The van der Waals surface area contributed by atoms with E-state index < -0.39 is 0 Å². The fourth-order valence-corrected chi connectivity index (χ4v) is 12.7. The molecule has 0 aliphatic heterocycles. The monoisotopic (exact) mass is 820 g/mol. The van der Waals surface area contributed by atoms with Crippen LogP contribution in [0.2, 0.25) is 0 Å². The van der Waals surface area contributed by atoms with Crippen molar-refractivity contribution in [3.05, 3.63) is 217 Å². The van der Waals surface area contributed by atoms with Gasteiger partial charge in [-0.2, -0.15) is 0 Å². The summed E-state index contributed by atoms with van der Waals surface area (Å²) in [7, 11) is 0. The molecule has 0 atom stereocenters. The van der Waals surface area contributed by atoms with E-state index in [0.717, 1.165) is 0 Å². The van der Waals surface area contributed by atoms with E-state index in [4.69, 9.17) is 0 Å². The minimum absolute atomic E-state index is 0.172. The lowest BCUT2D eigenvalue weighted by molar-refractivity contribution is 0.661. The summed E-state index contributed by atoms with van der Waals surface area (Å²) in [6.07, 6.45) is 0. The molecular formula is C65H40. The predicted molar refractivity (Wildman–Crippen MR) is 277 cm³/mol. The lowest BCUT2D eigenvalue weighted by Crippen LogP contribution is -2.14. The SMILES string of the molecule is CC1(C)c2ccccc2-c2cc3c(-c4ccc5c6c(cccc46)-c4ccccc4-5)c4ccc(-c5cccc6ccccc56)cc4c(-c4ccc5c6c(cccc46)-c4ccccc4-5)c3cc21. The van der Waals surface area contributed by atoms with Crippen LogP contribution in [-0.4, -0.2) is 0 Å². The highest BCUT2D eigenvalue weighted by atomic mass is 14.4. The van der Waals surface area contributed by atoms with Gasteiger partial charge in [0.25, 0.3) is 0 Å². The van der Waals surface area contributed by atoms with Crippen LogP contribution in [0.15, 0.2) is 206 Å². The zero-order valence-electron chi connectivity index (χ0n) is 36.1. The first-order chi connectivity index (χ1) is 32.0. The van der Waals surface area contributed by atoms with Crippen LogP contribution in [0.4, 0.5) is 0 Å². The highest BCUT2D eigenvalue weighted by Crippen LogP contribution is 2.57. The van der Waals surface area contributed by atoms with E-state index in [-0.39, 0.29) is 5.41 Å². The Labute approximate surface area is 377 Å². The van der Waals surface area contributed by atoms with Crippen molar-refractivity contribution >= 4 is 53.9 Å². The third-order valence-corrected chi connectivity index (χ3v) is 15.6. The number of rotatable bonds is 3. The molecule has 65 heavy (non-hydrogen) atoms. The Morgan fingerprint density at radius 2 is 0.692 bits per heavy atom. The molecular weight excluding hydrogens is 781 g/mol. The van der Waals surface area contributed by atoms with Gasteiger partial charge in [0.2, 0.25) is 0 Å². The van der Waals surface area contributed by atoms with Crippen molar-refractivity contribution in [2.24, 2.45) is 0 Å². The van der Waals surface area contributed by atoms with Crippen molar-refractivity contribution in [3.8, 4) is 89.0 Å². The third-order valence-electron chi connectivity index (χ3n) is 15.6. The van der Waals surface area contributed by atoms with E-state index in [1.165, 1.54) is 154 Å². The molecule has 0 amide bonds. The topological polar surface area (TPSA) is 0 Å². The Bertz CT molecular complexity index is 4070. The van der Waals surface area contributed by atoms with E-state index in [1.807, 2.05) is 0 Å². The van der Waals surface area contributed by atoms with E-state index in [2.05, 4.69) is 220 Å². The van der Waals surface area contributed by atoms with Gasteiger partial charge in [0.15, 0.2) is 0 Å². The molecule has 0 fully saturated rings. The summed E-state index contributed by atoms with van der Waals surface area (Å²) in [5.41, 5.74) is 23.5.